The van der Waals surface area contributed by atoms with E-state index in [0.29, 0.717) is 0 Å². The first-order chi connectivity index (χ1) is 7.38. The Morgan fingerprint density at radius 3 is 2.67 bits per heavy atom. The van der Waals surface area contributed by atoms with Crippen LogP contribution in [0.5, 0.6) is 0 Å². The van der Waals surface area contributed by atoms with E-state index < -0.39 is 0 Å². The van der Waals surface area contributed by atoms with Crippen LogP contribution < -0.4 is 10.6 Å². The van der Waals surface area contributed by atoms with Crippen molar-refractivity contribution >= 4 is 0 Å². The van der Waals surface area contributed by atoms with E-state index in [9.17, 15) is 0 Å². The third-order valence-electron chi connectivity index (χ3n) is 2.38. The second-order valence-corrected chi connectivity index (χ2v) is 3.65. The van der Waals surface area contributed by atoms with Gasteiger partial charge in [-0.2, -0.15) is 0 Å². The first-order valence-electron chi connectivity index (χ1n) is 5.85. The maximum atomic E-state index is 5.35. The van der Waals surface area contributed by atoms with E-state index in [2.05, 4.69) is 24.5 Å². The minimum atomic E-state index is 0.910. The zero-order valence-electron chi connectivity index (χ0n) is 9.81. The van der Waals surface area contributed by atoms with Crippen molar-refractivity contribution in [3.8, 4) is 0 Å². The Labute approximate surface area is 92.2 Å². The van der Waals surface area contributed by atoms with Crippen LogP contribution in [0, 0.1) is 0 Å². The largest absolute Gasteiger partial charge is 0.469 e. The van der Waals surface area contributed by atoms with Crippen molar-refractivity contribution in [3.05, 3.63) is 23.7 Å². The van der Waals surface area contributed by atoms with Crippen LogP contribution in [0.4, 0.5) is 0 Å². The van der Waals surface area contributed by atoms with Crippen LogP contribution >= 0.6 is 0 Å². The molecular formula is C12H22N2O. The van der Waals surface area contributed by atoms with Gasteiger partial charge in [0.2, 0.25) is 0 Å². The van der Waals surface area contributed by atoms with E-state index in [-0.39, 0.29) is 0 Å². The first-order valence-corrected chi connectivity index (χ1v) is 5.85. The van der Waals surface area contributed by atoms with Gasteiger partial charge in [0.05, 0.1) is 6.26 Å². The Morgan fingerprint density at radius 1 is 1.13 bits per heavy atom. The zero-order valence-corrected chi connectivity index (χ0v) is 9.81. The molecule has 2 N–H and O–H groups in total. The first kappa shape index (κ1) is 12.3. The molecule has 0 fully saturated rings. The van der Waals surface area contributed by atoms with Crippen LogP contribution in [0.25, 0.3) is 0 Å². The summed E-state index contributed by atoms with van der Waals surface area (Å²) < 4.78 is 5.35. The summed E-state index contributed by atoms with van der Waals surface area (Å²) in [6.07, 6.45) is 3.94. The van der Waals surface area contributed by atoms with Crippen molar-refractivity contribution in [2.75, 3.05) is 19.6 Å². The Kier molecular flexibility index (Phi) is 6.12. The summed E-state index contributed by atoms with van der Waals surface area (Å²) in [6.45, 7) is 8.35. The van der Waals surface area contributed by atoms with Crippen molar-refractivity contribution in [2.45, 2.75) is 33.2 Å². The van der Waals surface area contributed by atoms with Crippen LogP contribution in [0.3, 0.4) is 0 Å². The quantitative estimate of drug-likeness (QED) is 0.644. The molecule has 86 valence electrons. The number of nitrogens with one attached hydrogen (secondary N) is 2. The van der Waals surface area contributed by atoms with Crippen LogP contribution in [-0.4, -0.2) is 19.6 Å². The second kappa shape index (κ2) is 7.49. The summed E-state index contributed by atoms with van der Waals surface area (Å²) >= 11 is 0. The van der Waals surface area contributed by atoms with E-state index in [0.717, 1.165) is 38.4 Å². The van der Waals surface area contributed by atoms with Gasteiger partial charge in [0.25, 0.3) is 0 Å². The molecule has 0 aromatic carbocycles. The number of furan rings is 1. The molecule has 0 spiro atoms. The highest BCUT2D eigenvalue weighted by molar-refractivity contribution is 5.16. The Morgan fingerprint density at radius 2 is 1.93 bits per heavy atom. The Bertz CT molecular complexity index is 258. The van der Waals surface area contributed by atoms with Gasteiger partial charge in [0.15, 0.2) is 0 Å². The summed E-state index contributed by atoms with van der Waals surface area (Å²) in [5.41, 5.74) is 1.29. The van der Waals surface area contributed by atoms with Gasteiger partial charge in [-0.15, -0.1) is 0 Å². The molecule has 0 amide bonds. The third-order valence-corrected chi connectivity index (χ3v) is 2.38. The van der Waals surface area contributed by atoms with Crippen LogP contribution in [0.2, 0.25) is 0 Å². The number of hydrogen-bond acceptors (Lipinski definition) is 3. The molecule has 1 aromatic heterocycles. The molecule has 0 radical (unpaired) electrons. The minimum Gasteiger partial charge on any atom is -0.469 e. The zero-order chi connectivity index (χ0) is 10.9. The molecule has 3 heteroatoms. The second-order valence-electron chi connectivity index (χ2n) is 3.65. The standard InChI is InChI=1S/C12H22N2O/c1-3-6-13-7-8-14-10-11-5-9-15-12(11)4-2/h5,9,13-14H,3-4,6-8,10H2,1-2H3. The van der Waals surface area contributed by atoms with Crippen molar-refractivity contribution in [1.82, 2.24) is 10.6 Å². The highest BCUT2D eigenvalue weighted by Gasteiger charge is 2.02. The Hall–Kier alpha value is -0.800. The van der Waals surface area contributed by atoms with Crippen molar-refractivity contribution in [3.63, 3.8) is 0 Å². The smallest absolute Gasteiger partial charge is 0.107 e. The van der Waals surface area contributed by atoms with Crippen LogP contribution in [0.15, 0.2) is 16.7 Å². The summed E-state index contributed by atoms with van der Waals surface area (Å²) in [6, 6.07) is 2.05. The maximum absolute atomic E-state index is 5.35. The lowest BCUT2D eigenvalue weighted by Gasteiger charge is -2.05. The molecule has 0 saturated heterocycles. The lowest BCUT2D eigenvalue weighted by atomic mass is 10.2. The lowest BCUT2D eigenvalue weighted by Crippen LogP contribution is -2.27. The summed E-state index contributed by atoms with van der Waals surface area (Å²) in [5.74, 6) is 1.10. The molecule has 3 nitrogen and oxygen atoms in total. The Balaban J connectivity index is 2.09. The van der Waals surface area contributed by atoms with Gasteiger partial charge in [-0.25, -0.2) is 0 Å². The fraction of sp³-hybridized carbons (Fsp3) is 0.667. The predicted octanol–water partition coefficient (Wildman–Crippen LogP) is 1.93. The molecule has 1 rings (SSSR count). The van der Waals surface area contributed by atoms with Crippen LogP contribution in [-0.2, 0) is 13.0 Å². The van der Waals surface area contributed by atoms with E-state index in [1.807, 2.05) is 6.07 Å². The van der Waals surface area contributed by atoms with E-state index >= 15 is 0 Å². The molecule has 0 aliphatic carbocycles. The van der Waals surface area contributed by atoms with Gasteiger partial charge < -0.3 is 15.1 Å². The molecule has 0 saturated carbocycles. The predicted molar refractivity (Wildman–Crippen MR) is 63.0 cm³/mol. The van der Waals surface area contributed by atoms with Gasteiger partial charge in [-0.3, -0.25) is 0 Å². The molecule has 0 atom stereocenters. The topological polar surface area (TPSA) is 37.2 Å². The number of aryl methyl sites for hydroxylation is 1. The van der Waals surface area contributed by atoms with Gasteiger partial charge in [0, 0.05) is 31.6 Å². The van der Waals surface area contributed by atoms with Gasteiger partial charge in [0.1, 0.15) is 5.76 Å². The fourth-order valence-corrected chi connectivity index (χ4v) is 1.54. The van der Waals surface area contributed by atoms with Gasteiger partial charge >= 0.3 is 0 Å². The fourth-order valence-electron chi connectivity index (χ4n) is 1.54. The molecule has 0 bridgehead atoms. The highest BCUT2D eigenvalue weighted by Crippen LogP contribution is 2.10. The van der Waals surface area contributed by atoms with Gasteiger partial charge in [-0.05, 0) is 19.0 Å². The highest BCUT2D eigenvalue weighted by atomic mass is 16.3. The van der Waals surface area contributed by atoms with E-state index in [1.54, 1.807) is 6.26 Å². The van der Waals surface area contributed by atoms with E-state index in [4.69, 9.17) is 4.42 Å². The molecule has 1 heterocycles. The lowest BCUT2D eigenvalue weighted by molar-refractivity contribution is 0.507. The maximum Gasteiger partial charge on any atom is 0.107 e. The normalized spacial score (nSPS) is 10.8. The van der Waals surface area contributed by atoms with E-state index in [1.165, 1.54) is 12.0 Å². The molecular weight excluding hydrogens is 188 g/mol. The van der Waals surface area contributed by atoms with Crippen molar-refractivity contribution < 1.29 is 4.42 Å². The molecule has 0 aliphatic heterocycles. The molecule has 0 aliphatic rings. The summed E-state index contributed by atoms with van der Waals surface area (Å²) in [4.78, 5) is 0. The average molecular weight is 210 g/mol. The average Bonchev–Trinajstić information content (AvgIpc) is 2.70. The van der Waals surface area contributed by atoms with Crippen molar-refractivity contribution in [1.29, 1.82) is 0 Å². The van der Waals surface area contributed by atoms with Crippen LogP contribution in [0.1, 0.15) is 31.6 Å². The van der Waals surface area contributed by atoms with Crippen molar-refractivity contribution in [2.24, 2.45) is 0 Å². The molecule has 1 aromatic rings. The molecule has 0 unspecified atom stereocenters. The summed E-state index contributed by atoms with van der Waals surface area (Å²) in [7, 11) is 0. The van der Waals surface area contributed by atoms with Gasteiger partial charge in [-0.1, -0.05) is 13.8 Å². The number of hydrogen-bond donors (Lipinski definition) is 2. The monoisotopic (exact) mass is 210 g/mol. The SMILES string of the molecule is CCCNCCNCc1ccoc1CC. The summed E-state index contributed by atoms with van der Waals surface area (Å²) in [5, 5.41) is 6.76. The minimum absolute atomic E-state index is 0.910. The molecule has 15 heavy (non-hydrogen) atoms. The third kappa shape index (κ3) is 4.49. The number of rotatable bonds is 8.